The molecule has 2 aromatic rings. The first-order valence-corrected chi connectivity index (χ1v) is 10.2. The van der Waals surface area contributed by atoms with E-state index in [0.29, 0.717) is 11.6 Å². The number of nitrogens with zero attached hydrogens (tertiary/aromatic N) is 5. The summed E-state index contributed by atoms with van der Waals surface area (Å²) in [5.41, 5.74) is 2.84. The van der Waals surface area contributed by atoms with Crippen LogP contribution in [0.4, 0.5) is 0 Å². The van der Waals surface area contributed by atoms with Crippen LogP contribution in [-0.4, -0.2) is 62.1 Å². The van der Waals surface area contributed by atoms with E-state index in [2.05, 4.69) is 44.8 Å². The van der Waals surface area contributed by atoms with Gasteiger partial charge in [0.25, 0.3) is 5.91 Å². The molecule has 0 aromatic carbocycles. The molecule has 1 amide bonds. The number of imidazole rings is 1. The Bertz CT molecular complexity index is 786. The second-order valence-corrected chi connectivity index (χ2v) is 7.92. The number of carbonyl (C=O) groups excluding carboxylic acids is 1. The molecule has 0 saturated carbocycles. The van der Waals surface area contributed by atoms with Crippen LogP contribution in [0.1, 0.15) is 66.1 Å². The summed E-state index contributed by atoms with van der Waals surface area (Å²) < 4.78 is 2.30. The van der Waals surface area contributed by atoms with Crippen LogP contribution >= 0.6 is 0 Å². The van der Waals surface area contributed by atoms with Crippen molar-refractivity contribution in [2.24, 2.45) is 0 Å². The number of aromatic nitrogens is 4. The first-order chi connectivity index (χ1) is 13.2. The molecule has 0 unspecified atom stereocenters. The van der Waals surface area contributed by atoms with Crippen LogP contribution in [0.25, 0.3) is 0 Å². The molecule has 1 N–H and O–H groups in total. The van der Waals surface area contributed by atoms with Gasteiger partial charge < -0.3 is 14.4 Å². The molecule has 146 valence electrons. The maximum absolute atomic E-state index is 13.0. The molecule has 0 aliphatic carbocycles. The molecule has 1 saturated heterocycles. The number of fused-ring (bicyclic) bond motifs is 1. The topological polar surface area (TPSA) is 70.0 Å². The highest BCUT2D eigenvalue weighted by molar-refractivity contribution is 5.94. The molecule has 0 atom stereocenters. The minimum absolute atomic E-state index is 0.0792. The zero-order valence-corrected chi connectivity index (χ0v) is 16.4. The van der Waals surface area contributed by atoms with Gasteiger partial charge in [-0.2, -0.15) is 5.10 Å². The molecule has 7 heteroatoms. The lowest BCUT2D eigenvalue weighted by Gasteiger charge is -2.32. The van der Waals surface area contributed by atoms with E-state index < -0.39 is 0 Å². The summed E-state index contributed by atoms with van der Waals surface area (Å²) in [5.74, 6) is 1.71. The standard InChI is InChI=1S/C20H30N6O/c1-3-4-9-25-13-8-21-19(25)15-5-11-26(12-6-15)20(27)18-16-14-24(2)10-7-17(16)22-23-18/h8,13,15H,3-7,9-12,14H2,1-2H3,(H,22,23). The van der Waals surface area contributed by atoms with Crippen molar-refractivity contribution in [3.05, 3.63) is 35.2 Å². The molecule has 1 fully saturated rings. The van der Waals surface area contributed by atoms with Crippen molar-refractivity contribution >= 4 is 5.91 Å². The SMILES string of the molecule is CCCCn1ccnc1C1CCN(C(=O)c2n[nH]c3c2CN(C)CC3)CC1. The Balaban J connectivity index is 1.41. The highest BCUT2D eigenvalue weighted by atomic mass is 16.2. The predicted molar refractivity (Wildman–Crippen MR) is 104 cm³/mol. The Labute approximate surface area is 160 Å². The second kappa shape index (κ2) is 7.84. The van der Waals surface area contributed by atoms with Gasteiger partial charge in [-0.25, -0.2) is 4.98 Å². The molecule has 2 aromatic heterocycles. The van der Waals surface area contributed by atoms with Gasteiger partial charge in [-0.1, -0.05) is 13.3 Å². The number of hydrogen-bond donors (Lipinski definition) is 1. The number of nitrogens with one attached hydrogen (secondary N) is 1. The van der Waals surface area contributed by atoms with Crippen LogP contribution in [0.15, 0.2) is 12.4 Å². The van der Waals surface area contributed by atoms with Crippen molar-refractivity contribution in [1.82, 2.24) is 29.5 Å². The van der Waals surface area contributed by atoms with E-state index >= 15 is 0 Å². The highest BCUT2D eigenvalue weighted by Crippen LogP contribution is 2.29. The molecule has 4 heterocycles. The minimum atomic E-state index is 0.0792. The molecule has 2 aliphatic rings. The Morgan fingerprint density at radius 2 is 2.11 bits per heavy atom. The lowest BCUT2D eigenvalue weighted by atomic mass is 9.95. The molecule has 4 rings (SSSR count). The van der Waals surface area contributed by atoms with Gasteiger partial charge in [0.1, 0.15) is 5.82 Å². The quantitative estimate of drug-likeness (QED) is 0.877. The largest absolute Gasteiger partial charge is 0.337 e. The normalized spacial score (nSPS) is 18.7. The average Bonchev–Trinajstić information content (AvgIpc) is 3.32. The van der Waals surface area contributed by atoms with Gasteiger partial charge in [0.05, 0.1) is 0 Å². The predicted octanol–water partition coefficient (Wildman–Crippen LogP) is 2.41. The van der Waals surface area contributed by atoms with Gasteiger partial charge >= 0.3 is 0 Å². The maximum atomic E-state index is 13.0. The fourth-order valence-electron chi connectivity index (χ4n) is 4.30. The Morgan fingerprint density at radius 3 is 2.89 bits per heavy atom. The zero-order valence-electron chi connectivity index (χ0n) is 16.4. The first-order valence-electron chi connectivity index (χ1n) is 10.2. The number of amides is 1. The monoisotopic (exact) mass is 370 g/mol. The van der Waals surface area contributed by atoms with E-state index in [9.17, 15) is 4.79 Å². The average molecular weight is 371 g/mol. The summed E-state index contributed by atoms with van der Waals surface area (Å²) in [6.45, 7) is 6.63. The molecular weight excluding hydrogens is 340 g/mol. The van der Waals surface area contributed by atoms with E-state index in [1.54, 1.807) is 0 Å². The summed E-state index contributed by atoms with van der Waals surface area (Å²) >= 11 is 0. The summed E-state index contributed by atoms with van der Waals surface area (Å²) in [6.07, 6.45) is 9.26. The fourth-order valence-corrected chi connectivity index (χ4v) is 4.30. The van der Waals surface area contributed by atoms with Gasteiger partial charge in [-0.05, 0) is 26.3 Å². The molecule has 0 spiro atoms. The third-order valence-corrected chi connectivity index (χ3v) is 5.97. The number of aromatic amines is 1. The third-order valence-electron chi connectivity index (χ3n) is 5.97. The van der Waals surface area contributed by atoms with Crippen LogP contribution in [0, 0.1) is 0 Å². The summed E-state index contributed by atoms with van der Waals surface area (Å²) in [6, 6.07) is 0. The summed E-state index contributed by atoms with van der Waals surface area (Å²) in [5, 5.41) is 7.45. The lowest BCUT2D eigenvalue weighted by Crippen LogP contribution is -2.39. The van der Waals surface area contributed by atoms with Gasteiger partial charge in [0.2, 0.25) is 0 Å². The number of aryl methyl sites for hydroxylation is 1. The molecule has 27 heavy (non-hydrogen) atoms. The Morgan fingerprint density at radius 1 is 1.30 bits per heavy atom. The lowest BCUT2D eigenvalue weighted by molar-refractivity contribution is 0.0702. The number of H-pyrrole nitrogens is 1. The van der Waals surface area contributed by atoms with Crippen molar-refractivity contribution in [1.29, 1.82) is 0 Å². The number of carbonyl (C=O) groups is 1. The first kappa shape index (κ1) is 18.2. The van der Waals surface area contributed by atoms with Gasteiger partial charge in [0.15, 0.2) is 5.69 Å². The van der Waals surface area contributed by atoms with Crippen molar-refractivity contribution in [2.75, 3.05) is 26.7 Å². The van der Waals surface area contributed by atoms with Gasteiger partial charge in [-0.3, -0.25) is 9.89 Å². The van der Waals surface area contributed by atoms with E-state index in [4.69, 9.17) is 0 Å². The van der Waals surface area contributed by atoms with Crippen LogP contribution in [-0.2, 0) is 19.5 Å². The molecular formula is C20H30N6O. The smallest absolute Gasteiger partial charge is 0.274 e. The number of likely N-dealkylation sites (N-methyl/N-ethyl adjacent to an activating group) is 1. The second-order valence-electron chi connectivity index (χ2n) is 7.92. The fraction of sp³-hybridized carbons (Fsp3) is 0.650. The van der Waals surface area contributed by atoms with Gasteiger partial charge in [-0.15, -0.1) is 0 Å². The molecule has 0 radical (unpaired) electrons. The van der Waals surface area contributed by atoms with E-state index in [1.165, 1.54) is 18.7 Å². The summed E-state index contributed by atoms with van der Waals surface area (Å²) in [7, 11) is 2.09. The minimum Gasteiger partial charge on any atom is -0.337 e. The molecule has 2 aliphatic heterocycles. The maximum Gasteiger partial charge on any atom is 0.274 e. The molecule has 7 nitrogen and oxygen atoms in total. The number of likely N-dealkylation sites (tertiary alicyclic amines) is 1. The number of unbranched alkanes of at least 4 members (excludes halogenated alkanes) is 1. The number of piperidine rings is 1. The Kier molecular flexibility index (Phi) is 5.29. The van der Waals surface area contributed by atoms with Gasteiger partial charge in [0, 0.05) is 68.7 Å². The number of rotatable bonds is 5. The van der Waals surface area contributed by atoms with Crippen molar-refractivity contribution < 1.29 is 4.79 Å². The van der Waals surface area contributed by atoms with E-state index in [1.807, 2.05) is 11.1 Å². The van der Waals surface area contributed by atoms with Crippen LogP contribution in [0.2, 0.25) is 0 Å². The van der Waals surface area contributed by atoms with Crippen molar-refractivity contribution in [3.8, 4) is 0 Å². The van der Waals surface area contributed by atoms with E-state index in [0.717, 1.165) is 63.2 Å². The van der Waals surface area contributed by atoms with Crippen LogP contribution in [0.3, 0.4) is 0 Å². The van der Waals surface area contributed by atoms with Crippen molar-refractivity contribution in [3.63, 3.8) is 0 Å². The summed E-state index contributed by atoms with van der Waals surface area (Å²) in [4.78, 5) is 21.9. The van der Waals surface area contributed by atoms with E-state index in [-0.39, 0.29) is 5.91 Å². The Hall–Kier alpha value is -2.15. The third kappa shape index (κ3) is 3.65. The highest BCUT2D eigenvalue weighted by Gasteiger charge is 2.31. The van der Waals surface area contributed by atoms with Crippen LogP contribution < -0.4 is 0 Å². The number of hydrogen-bond acceptors (Lipinski definition) is 4. The zero-order chi connectivity index (χ0) is 18.8. The van der Waals surface area contributed by atoms with Crippen molar-refractivity contribution in [2.45, 2.75) is 58.0 Å². The van der Waals surface area contributed by atoms with Crippen LogP contribution in [0.5, 0.6) is 0 Å². The molecule has 0 bridgehead atoms.